The van der Waals surface area contributed by atoms with Gasteiger partial charge in [0.05, 0.1) is 16.1 Å². The van der Waals surface area contributed by atoms with E-state index in [4.69, 9.17) is 4.98 Å². The highest BCUT2D eigenvalue weighted by Crippen LogP contribution is 2.35. The molecule has 124 valence electrons. The molecule has 0 saturated carbocycles. The number of nitrogens with zero attached hydrogens (tertiary/aromatic N) is 5. The number of thioether (sulfide) groups is 1. The van der Waals surface area contributed by atoms with E-state index >= 15 is 0 Å². The predicted octanol–water partition coefficient (Wildman–Crippen LogP) is 4.39. The molecule has 4 aromatic rings. The Morgan fingerprint density at radius 1 is 1.04 bits per heavy atom. The molecule has 0 spiro atoms. The van der Waals surface area contributed by atoms with Crippen molar-refractivity contribution in [2.75, 3.05) is 10.8 Å². The molecule has 0 bridgehead atoms. The summed E-state index contributed by atoms with van der Waals surface area (Å²) >= 11 is 3.44. The van der Waals surface area contributed by atoms with Gasteiger partial charge in [0.25, 0.3) is 0 Å². The number of fused-ring (bicyclic) bond motifs is 2. The van der Waals surface area contributed by atoms with Crippen molar-refractivity contribution in [1.82, 2.24) is 19.7 Å². The lowest BCUT2D eigenvalue weighted by atomic mass is 10.1. The van der Waals surface area contributed by atoms with Crippen molar-refractivity contribution in [2.45, 2.75) is 18.7 Å². The average molecular weight is 365 g/mol. The van der Waals surface area contributed by atoms with Crippen LogP contribution >= 0.6 is 23.1 Å². The number of para-hydroxylation sites is 1. The van der Waals surface area contributed by atoms with Crippen LogP contribution in [0.4, 0.5) is 5.13 Å². The normalized spacial score (nSPS) is 14.0. The number of thiazole rings is 1. The lowest BCUT2D eigenvalue weighted by Gasteiger charge is -2.27. The quantitative estimate of drug-likeness (QED) is 0.527. The topological polar surface area (TPSA) is 46.8 Å². The number of anilines is 1. The van der Waals surface area contributed by atoms with Crippen LogP contribution in [0.15, 0.2) is 53.7 Å². The summed E-state index contributed by atoms with van der Waals surface area (Å²) in [5.74, 6) is 1.75. The molecule has 0 unspecified atom stereocenters. The third-order valence-corrected chi connectivity index (χ3v) is 6.31. The maximum atomic E-state index is 4.79. The molecule has 5 nitrogen and oxygen atoms in total. The number of benzene rings is 2. The van der Waals surface area contributed by atoms with Gasteiger partial charge >= 0.3 is 0 Å². The maximum Gasteiger partial charge on any atom is 0.194 e. The molecule has 3 heterocycles. The Morgan fingerprint density at radius 2 is 1.96 bits per heavy atom. The van der Waals surface area contributed by atoms with Gasteiger partial charge in [-0.2, -0.15) is 0 Å². The first-order chi connectivity index (χ1) is 12.3. The zero-order chi connectivity index (χ0) is 16.8. The number of aromatic nitrogens is 4. The lowest BCUT2D eigenvalue weighted by molar-refractivity contribution is 0.607. The first-order valence-electron chi connectivity index (χ1n) is 8.01. The molecule has 0 amide bonds. The van der Waals surface area contributed by atoms with Gasteiger partial charge in [0, 0.05) is 5.56 Å². The maximum absolute atomic E-state index is 4.79. The molecule has 0 N–H and O–H groups in total. The minimum absolute atomic E-state index is 0.721. The predicted molar refractivity (Wildman–Crippen MR) is 103 cm³/mol. The van der Waals surface area contributed by atoms with E-state index in [2.05, 4.69) is 69.1 Å². The smallest absolute Gasteiger partial charge is 0.194 e. The monoisotopic (exact) mass is 365 g/mol. The fourth-order valence-electron chi connectivity index (χ4n) is 2.98. The van der Waals surface area contributed by atoms with Gasteiger partial charge in [0.1, 0.15) is 6.67 Å². The molecule has 0 aliphatic carbocycles. The van der Waals surface area contributed by atoms with Gasteiger partial charge in [-0.05, 0) is 25.1 Å². The molecule has 0 radical (unpaired) electrons. The minimum atomic E-state index is 0.721. The van der Waals surface area contributed by atoms with E-state index in [1.807, 2.05) is 6.07 Å². The molecule has 0 fully saturated rings. The Bertz CT molecular complexity index is 1040. The first kappa shape index (κ1) is 14.9. The summed E-state index contributed by atoms with van der Waals surface area (Å²) in [6.45, 7) is 2.82. The SMILES string of the molecule is Cc1cccc(-c2nnc3n2CN(c2nc4ccccc4s2)CS3)c1. The molecular formula is C18H15N5S2. The van der Waals surface area contributed by atoms with E-state index in [0.717, 1.165) is 39.7 Å². The summed E-state index contributed by atoms with van der Waals surface area (Å²) < 4.78 is 3.39. The lowest BCUT2D eigenvalue weighted by Crippen LogP contribution is -2.30. The van der Waals surface area contributed by atoms with Crippen LogP contribution in [0.25, 0.3) is 21.6 Å². The van der Waals surface area contributed by atoms with Gasteiger partial charge in [0.2, 0.25) is 0 Å². The summed E-state index contributed by atoms with van der Waals surface area (Å²) in [4.78, 5) is 7.07. The molecule has 0 atom stereocenters. The van der Waals surface area contributed by atoms with E-state index in [0.29, 0.717) is 0 Å². The van der Waals surface area contributed by atoms with E-state index in [1.165, 1.54) is 10.3 Å². The second-order valence-electron chi connectivity index (χ2n) is 6.02. The molecule has 0 saturated heterocycles. The summed E-state index contributed by atoms with van der Waals surface area (Å²) in [5, 5.41) is 10.8. The Hall–Kier alpha value is -2.38. The van der Waals surface area contributed by atoms with Gasteiger partial charge in [-0.3, -0.25) is 4.57 Å². The van der Waals surface area contributed by atoms with Gasteiger partial charge in [-0.25, -0.2) is 4.98 Å². The van der Waals surface area contributed by atoms with E-state index in [1.54, 1.807) is 23.1 Å². The van der Waals surface area contributed by atoms with E-state index < -0.39 is 0 Å². The van der Waals surface area contributed by atoms with Gasteiger partial charge in [0.15, 0.2) is 16.1 Å². The first-order valence-corrected chi connectivity index (χ1v) is 9.82. The second-order valence-corrected chi connectivity index (χ2v) is 7.94. The van der Waals surface area contributed by atoms with Crippen molar-refractivity contribution in [1.29, 1.82) is 0 Å². The molecule has 1 aliphatic heterocycles. The zero-order valence-electron chi connectivity index (χ0n) is 13.6. The highest BCUT2D eigenvalue weighted by Gasteiger charge is 2.24. The van der Waals surface area contributed by atoms with Crippen LogP contribution in [0, 0.1) is 6.92 Å². The third-order valence-electron chi connectivity index (χ3n) is 4.21. The molecular weight excluding hydrogens is 350 g/mol. The average Bonchev–Trinajstić information content (AvgIpc) is 3.25. The number of hydrogen-bond donors (Lipinski definition) is 0. The van der Waals surface area contributed by atoms with Crippen molar-refractivity contribution in [3.8, 4) is 11.4 Å². The van der Waals surface area contributed by atoms with Crippen LogP contribution < -0.4 is 4.90 Å². The third kappa shape index (κ3) is 2.60. The fourth-order valence-corrected chi connectivity index (χ4v) is 4.89. The number of aryl methyl sites for hydroxylation is 1. The summed E-state index contributed by atoms with van der Waals surface area (Å²) in [6, 6.07) is 16.7. The van der Waals surface area contributed by atoms with E-state index in [-0.39, 0.29) is 0 Å². The highest BCUT2D eigenvalue weighted by molar-refractivity contribution is 7.99. The fraction of sp³-hybridized carbons (Fsp3) is 0.167. The van der Waals surface area contributed by atoms with Crippen molar-refractivity contribution in [3.63, 3.8) is 0 Å². The van der Waals surface area contributed by atoms with Crippen LogP contribution in [-0.4, -0.2) is 25.6 Å². The molecule has 7 heteroatoms. The van der Waals surface area contributed by atoms with Gasteiger partial charge in [-0.1, -0.05) is 59.0 Å². The van der Waals surface area contributed by atoms with Crippen LogP contribution in [0.1, 0.15) is 5.56 Å². The van der Waals surface area contributed by atoms with Gasteiger partial charge in [-0.15, -0.1) is 10.2 Å². The van der Waals surface area contributed by atoms with Crippen LogP contribution in [0.3, 0.4) is 0 Å². The Morgan fingerprint density at radius 3 is 2.84 bits per heavy atom. The Labute approximate surface area is 153 Å². The van der Waals surface area contributed by atoms with E-state index in [9.17, 15) is 0 Å². The highest BCUT2D eigenvalue weighted by atomic mass is 32.2. The van der Waals surface area contributed by atoms with Crippen LogP contribution in [0.5, 0.6) is 0 Å². The molecule has 25 heavy (non-hydrogen) atoms. The van der Waals surface area contributed by atoms with Crippen LogP contribution in [0.2, 0.25) is 0 Å². The van der Waals surface area contributed by atoms with Crippen molar-refractivity contribution in [2.24, 2.45) is 0 Å². The largest absolute Gasteiger partial charge is 0.320 e. The summed E-state index contributed by atoms with van der Waals surface area (Å²) in [6.07, 6.45) is 0. The van der Waals surface area contributed by atoms with Crippen molar-refractivity contribution < 1.29 is 0 Å². The van der Waals surface area contributed by atoms with Gasteiger partial charge < -0.3 is 4.90 Å². The summed E-state index contributed by atoms with van der Waals surface area (Å²) in [5.41, 5.74) is 3.38. The molecule has 2 aromatic carbocycles. The standard InChI is InChI=1S/C18H15N5S2/c1-12-5-4-6-13(9-12)16-20-21-18-23(16)10-22(11-24-18)17-19-14-7-2-3-8-15(14)25-17/h2-9H,10-11H2,1H3. The number of rotatable bonds is 2. The molecule has 1 aliphatic rings. The zero-order valence-corrected chi connectivity index (χ0v) is 15.2. The summed E-state index contributed by atoms with van der Waals surface area (Å²) in [7, 11) is 0. The number of hydrogen-bond acceptors (Lipinski definition) is 6. The Kier molecular flexibility index (Phi) is 3.50. The van der Waals surface area contributed by atoms with Crippen molar-refractivity contribution in [3.05, 3.63) is 54.1 Å². The van der Waals surface area contributed by atoms with Crippen molar-refractivity contribution >= 4 is 38.4 Å². The molecule has 5 rings (SSSR count). The molecule has 2 aromatic heterocycles. The minimum Gasteiger partial charge on any atom is -0.320 e. The Balaban J connectivity index is 1.52. The van der Waals surface area contributed by atoms with Crippen LogP contribution in [-0.2, 0) is 6.67 Å². The second kappa shape index (κ2) is 5.86.